The predicted octanol–water partition coefficient (Wildman–Crippen LogP) is 4.35. The van der Waals surface area contributed by atoms with E-state index in [1.165, 1.54) is 0 Å². The lowest BCUT2D eigenvalue weighted by Crippen LogP contribution is -2.31. The Morgan fingerprint density at radius 2 is 1.91 bits per heavy atom. The van der Waals surface area contributed by atoms with Gasteiger partial charge < -0.3 is 24.7 Å². The minimum absolute atomic E-state index is 0.0223. The normalized spacial score (nSPS) is 18.1. The zero-order valence-corrected chi connectivity index (χ0v) is 21.1. The standard InChI is InChI=1S/C27H36N4O4/c1-18-9-12-20(17-24(18)34-4)28-26(32)19-10-13-21(14-11-19)31-22-7-5-8-23(25(22)29-27(31)33)35-16-6-15-30(2)3/h5,7-9,12,17,19,21H,6,10-11,13-16H2,1-4H3,(H,28,32)(H,29,33)/t19-,21+. The number of nitrogens with zero attached hydrogens (tertiary/aromatic N) is 2. The van der Waals surface area contributed by atoms with Crippen LogP contribution >= 0.6 is 0 Å². The number of imidazole rings is 1. The van der Waals surface area contributed by atoms with Crippen LogP contribution in [0.3, 0.4) is 0 Å². The van der Waals surface area contributed by atoms with Crippen molar-refractivity contribution in [2.75, 3.05) is 39.7 Å². The van der Waals surface area contributed by atoms with E-state index in [0.717, 1.165) is 66.7 Å². The number of para-hydroxylation sites is 1. The molecule has 0 unspecified atom stereocenters. The van der Waals surface area contributed by atoms with E-state index in [-0.39, 0.29) is 23.6 Å². The predicted molar refractivity (Wildman–Crippen MR) is 139 cm³/mol. The lowest BCUT2D eigenvalue weighted by atomic mass is 9.85. The zero-order valence-electron chi connectivity index (χ0n) is 21.1. The number of nitrogens with one attached hydrogen (secondary N) is 2. The fraction of sp³-hybridized carbons (Fsp3) is 0.481. The molecular formula is C27H36N4O4. The van der Waals surface area contributed by atoms with E-state index in [2.05, 4.69) is 15.2 Å². The molecule has 0 spiro atoms. The number of carbonyl (C=O) groups excluding carboxylic acids is 1. The van der Waals surface area contributed by atoms with Gasteiger partial charge in [-0.25, -0.2) is 4.79 Å². The summed E-state index contributed by atoms with van der Waals surface area (Å²) in [5.74, 6) is 1.41. The number of amides is 1. The van der Waals surface area contributed by atoms with Gasteiger partial charge in [-0.1, -0.05) is 12.1 Å². The summed E-state index contributed by atoms with van der Waals surface area (Å²) in [6.45, 7) is 3.51. The highest BCUT2D eigenvalue weighted by molar-refractivity contribution is 5.92. The van der Waals surface area contributed by atoms with E-state index in [0.29, 0.717) is 12.4 Å². The molecular weight excluding hydrogens is 444 g/mol. The largest absolute Gasteiger partial charge is 0.496 e. The Bertz CT molecular complexity index is 1220. The fourth-order valence-electron chi connectivity index (χ4n) is 4.91. The SMILES string of the molecule is COc1cc(NC(=O)[C@H]2CC[C@@H](n3c(=O)[nH]c4c(OCCCN(C)C)cccc43)CC2)ccc1C. The molecule has 8 heteroatoms. The number of ether oxygens (including phenoxy) is 2. The van der Waals surface area contributed by atoms with Gasteiger partial charge in [0.25, 0.3) is 0 Å². The monoisotopic (exact) mass is 480 g/mol. The van der Waals surface area contributed by atoms with Gasteiger partial charge in [-0.15, -0.1) is 0 Å². The molecule has 1 aliphatic carbocycles. The van der Waals surface area contributed by atoms with Crippen LogP contribution in [0.1, 0.15) is 43.7 Å². The molecule has 0 saturated heterocycles. The average molecular weight is 481 g/mol. The third-order valence-electron chi connectivity index (χ3n) is 6.83. The van der Waals surface area contributed by atoms with Crippen molar-refractivity contribution in [3.8, 4) is 11.5 Å². The summed E-state index contributed by atoms with van der Waals surface area (Å²) in [4.78, 5) is 30.9. The van der Waals surface area contributed by atoms with Gasteiger partial charge >= 0.3 is 5.69 Å². The molecule has 0 atom stereocenters. The van der Waals surface area contributed by atoms with Gasteiger partial charge in [0.05, 0.1) is 19.2 Å². The van der Waals surface area contributed by atoms with Crippen molar-refractivity contribution in [3.63, 3.8) is 0 Å². The molecule has 2 N–H and O–H groups in total. The molecule has 1 saturated carbocycles. The molecule has 35 heavy (non-hydrogen) atoms. The summed E-state index contributed by atoms with van der Waals surface area (Å²) in [5.41, 5.74) is 3.25. The maximum Gasteiger partial charge on any atom is 0.326 e. The Hall–Kier alpha value is -3.26. The molecule has 1 aromatic heterocycles. The molecule has 1 heterocycles. The average Bonchev–Trinajstić information content (AvgIpc) is 3.19. The quantitative estimate of drug-likeness (QED) is 0.445. The molecule has 3 aromatic rings. The van der Waals surface area contributed by atoms with E-state index in [4.69, 9.17) is 9.47 Å². The number of H-pyrrole nitrogens is 1. The van der Waals surface area contributed by atoms with E-state index in [1.54, 1.807) is 7.11 Å². The lowest BCUT2D eigenvalue weighted by molar-refractivity contribution is -0.121. The van der Waals surface area contributed by atoms with Crippen molar-refractivity contribution in [2.45, 2.75) is 45.1 Å². The molecule has 4 rings (SSSR count). The second-order valence-electron chi connectivity index (χ2n) is 9.63. The molecule has 1 fully saturated rings. The number of fused-ring (bicyclic) bond motifs is 1. The summed E-state index contributed by atoms with van der Waals surface area (Å²) in [6, 6.07) is 11.5. The Balaban J connectivity index is 1.40. The molecule has 0 radical (unpaired) electrons. The first-order valence-corrected chi connectivity index (χ1v) is 12.3. The Labute approximate surface area is 206 Å². The Morgan fingerprint density at radius 3 is 2.63 bits per heavy atom. The van der Waals surface area contributed by atoms with Crippen molar-refractivity contribution >= 4 is 22.6 Å². The summed E-state index contributed by atoms with van der Waals surface area (Å²) in [5, 5.41) is 3.03. The van der Waals surface area contributed by atoms with E-state index >= 15 is 0 Å². The van der Waals surface area contributed by atoms with Crippen molar-refractivity contribution in [1.29, 1.82) is 0 Å². The summed E-state index contributed by atoms with van der Waals surface area (Å²) >= 11 is 0. The number of rotatable bonds is 9. The first-order chi connectivity index (χ1) is 16.9. The van der Waals surface area contributed by atoms with Crippen LogP contribution in [0.25, 0.3) is 11.0 Å². The highest BCUT2D eigenvalue weighted by Crippen LogP contribution is 2.35. The smallest absolute Gasteiger partial charge is 0.326 e. The number of aromatic nitrogens is 2. The molecule has 188 valence electrons. The summed E-state index contributed by atoms with van der Waals surface area (Å²) < 4.78 is 13.2. The van der Waals surface area contributed by atoms with Gasteiger partial charge in [0.15, 0.2) is 0 Å². The van der Waals surface area contributed by atoms with Gasteiger partial charge in [0, 0.05) is 30.3 Å². The molecule has 2 aromatic carbocycles. The zero-order chi connectivity index (χ0) is 24.9. The van der Waals surface area contributed by atoms with Crippen LogP contribution in [-0.2, 0) is 4.79 Å². The minimum Gasteiger partial charge on any atom is -0.496 e. The number of hydrogen-bond donors (Lipinski definition) is 2. The van der Waals surface area contributed by atoms with Gasteiger partial charge in [0.1, 0.15) is 17.0 Å². The van der Waals surface area contributed by atoms with Crippen LogP contribution in [0, 0.1) is 12.8 Å². The van der Waals surface area contributed by atoms with E-state index < -0.39 is 0 Å². The van der Waals surface area contributed by atoms with Gasteiger partial charge in [-0.2, -0.15) is 0 Å². The highest BCUT2D eigenvalue weighted by Gasteiger charge is 2.29. The Morgan fingerprint density at radius 1 is 1.14 bits per heavy atom. The summed E-state index contributed by atoms with van der Waals surface area (Å²) in [7, 11) is 5.70. The van der Waals surface area contributed by atoms with Crippen molar-refractivity contribution in [2.24, 2.45) is 5.92 Å². The number of hydrogen-bond acceptors (Lipinski definition) is 5. The van der Waals surface area contributed by atoms with Crippen LogP contribution < -0.4 is 20.5 Å². The maximum atomic E-state index is 12.9. The number of carbonyl (C=O) groups is 1. The third-order valence-corrected chi connectivity index (χ3v) is 6.83. The fourth-order valence-corrected chi connectivity index (χ4v) is 4.91. The van der Waals surface area contributed by atoms with Gasteiger partial charge in [-0.05, 0) is 76.9 Å². The molecule has 8 nitrogen and oxygen atoms in total. The van der Waals surface area contributed by atoms with E-state index in [1.807, 2.05) is 62.0 Å². The lowest BCUT2D eigenvalue weighted by Gasteiger charge is -2.28. The summed E-state index contributed by atoms with van der Waals surface area (Å²) in [6.07, 6.45) is 3.93. The maximum absolute atomic E-state index is 12.9. The highest BCUT2D eigenvalue weighted by atomic mass is 16.5. The second kappa shape index (κ2) is 11.0. The van der Waals surface area contributed by atoms with Crippen LogP contribution in [0.2, 0.25) is 0 Å². The Kier molecular flexibility index (Phi) is 7.80. The van der Waals surface area contributed by atoms with Gasteiger partial charge in [-0.3, -0.25) is 9.36 Å². The van der Waals surface area contributed by atoms with E-state index in [9.17, 15) is 9.59 Å². The number of aromatic amines is 1. The molecule has 1 aliphatic rings. The minimum atomic E-state index is -0.121. The number of methoxy groups -OCH3 is 1. The first-order valence-electron chi connectivity index (χ1n) is 12.3. The van der Waals surface area contributed by atoms with Crippen LogP contribution in [0.5, 0.6) is 11.5 Å². The number of benzene rings is 2. The van der Waals surface area contributed by atoms with Crippen molar-refractivity contribution in [3.05, 3.63) is 52.4 Å². The van der Waals surface area contributed by atoms with Crippen molar-refractivity contribution < 1.29 is 14.3 Å². The number of aryl methyl sites for hydroxylation is 1. The van der Waals surface area contributed by atoms with Crippen LogP contribution in [0.4, 0.5) is 5.69 Å². The van der Waals surface area contributed by atoms with Crippen LogP contribution in [-0.4, -0.2) is 54.7 Å². The van der Waals surface area contributed by atoms with Gasteiger partial charge in [0.2, 0.25) is 5.91 Å². The second-order valence-corrected chi connectivity index (χ2v) is 9.63. The molecule has 0 aliphatic heterocycles. The molecule has 0 bridgehead atoms. The first kappa shape index (κ1) is 24.9. The topological polar surface area (TPSA) is 88.6 Å². The third kappa shape index (κ3) is 5.70. The van der Waals surface area contributed by atoms with Crippen molar-refractivity contribution in [1.82, 2.24) is 14.5 Å². The van der Waals surface area contributed by atoms with Crippen LogP contribution in [0.15, 0.2) is 41.2 Å². The number of anilines is 1. The molecule has 1 amide bonds.